The largest absolute Gasteiger partial charge is 0.416 e. The molecule has 2 nitrogen and oxygen atoms in total. The van der Waals surface area contributed by atoms with Crippen molar-refractivity contribution in [3.8, 4) is 0 Å². The van der Waals surface area contributed by atoms with Crippen LogP contribution in [0.5, 0.6) is 0 Å². The smallest absolute Gasteiger partial charge is 0.377 e. The molecule has 0 saturated carbocycles. The summed E-state index contributed by atoms with van der Waals surface area (Å²) in [4.78, 5) is 0. The predicted molar refractivity (Wildman–Crippen MR) is 71.3 cm³/mol. The van der Waals surface area contributed by atoms with Gasteiger partial charge in [-0.2, -0.15) is 13.2 Å². The molecule has 1 aromatic rings. The van der Waals surface area contributed by atoms with Gasteiger partial charge in [-0.1, -0.05) is 12.1 Å². The molecule has 1 heterocycles. The van der Waals surface area contributed by atoms with Gasteiger partial charge < -0.3 is 10.1 Å². The lowest BCUT2D eigenvalue weighted by Crippen LogP contribution is -2.28. The van der Waals surface area contributed by atoms with E-state index in [-0.39, 0.29) is 6.61 Å². The van der Waals surface area contributed by atoms with Gasteiger partial charge in [-0.3, -0.25) is 0 Å². The zero-order valence-corrected chi connectivity index (χ0v) is 11.4. The zero-order chi connectivity index (χ0) is 14.4. The fourth-order valence-corrected chi connectivity index (χ4v) is 2.45. The van der Waals surface area contributed by atoms with Crippen molar-refractivity contribution < 1.29 is 17.9 Å². The first kappa shape index (κ1) is 15.3. The van der Waals surface area contributed by atoms with Crippen molar-refractivity contribution in [1.29, 1.82) is 0 Å². The van der Waals surface area contributed by atoms with Gasteiger partial charge in [-0.25, -0.2) is 0 Å². The summed E-state index contributed by atoms with van der Waals surface area (Å²) < 4.78 is 43.2. The number of nitrogens with one attached hydrogen (secondary N) is 1. The van der Waals surface area contributed by atoms with E-state index in [1.807, 2.05) is 0 Å². The molecule has 1 aliphatic heterocycles. The van der Waals surface area contributed by atoms with Crippen LogP contribution in [0.3, 0.4) is 0 Å². The fraction of sp³-hybridized carbons (Fsp3) is 0.600. The highest BCUT2D eigenvalue weighted by molar-refractivity contribution is 5.25. The summed E-state index contributed by atoms with van der Waals surface area (Å²) in [5.74, 6) is 0.678. The van der Waals surface area contributed by atoms with E-state index >= 15 is 0 Å². The van der Waals surface area contributed by atoms with Gasteiger partial charge >= 0.3 is 6.18 Å². The van der Waals surface area contributed by atoms with Crippen LogP contribution >= 0.6 is 0 Å². The van der Waals surface area contributed by atoms with Crippen LogP contribution in [0.4, 0.5) is 13.2 Å². The maximum absolute atomic E-state index is 12.6. The number of benzene rings is 1. The summed E-state index contributed by atoms with van der Waals surface area (Å²) in [6.07, 6.45) is -0.981. The first-order chi connectivity index (χ1) is 9.55. The van der Waals surface area contributed by atoms with Crippen molar-refractivity contribution in [3.63, 3.8) is 0 Å². The van der Waals surface area contributed by atoms with Crippen molar-refractivity contribution in [2.24, 2.45) is 5.92 Å². The van der Waals surface area contributed by atoms with E-state index in [9.17, 15) is 13.2 Å². The molecule has 1 saturated heterocycles. The average molecular weight is 287 g/mol. The van der Waals surface area contributed by atoms with Crippen molar-refractivity contribution in [2.45, 2.75) is 32.0 Å². The lowest BCUT2D eigenvalue weighted by molar-refractivity contribution is -0.137. The van der Waals surface area contributed by atoms with E-state index in [1.165, 1.54) is 6.07 Å². The molecule has 0 aromatic heterocycles. The molecule has 0 radical (unpaired) electrons. The predicted octanol–water partition coefficient (Wildman–Crippen LogP) is 3.61. The average Bonchev–Trinajstić information content (AvgIpc) is 2.44. The minimum absolute atomic E-state index is 0.245. The number of alkyl halides is 3. The third-order valence-corrected chi connectivity index (χ3v) is 3.65. The Labute approximate surface area is 117 Å². The first-order valence-electron chi connectivity index (χ1n) is 7.00. The Kier molecular flexibility index (Phi) is 5.43. The Morgan fingerprint density at radius 1 is 1.20 bits per heavy atom. The van der Waals surface area contributed by atoms with Gasteiger partial charge in [0.1, 0.15) is 0 Å². The van der Waals surface area contributed by atoms with E-state index in [2.05, 4.69) is 5.32 Å². The molecule has 1 N–H and O–H groups in total. The number of hydrogen-bond donors (Lipinski definition) is 1. The van der Waals surface area contributed by atoms with Gasteiger partial charge in [0, 0.05) is 6.61 Å². The molecule has 0 bridgehead atoms. The number of halogens is 3. The molecule has 0 amide bonds. The minimum Gasteiger partial charge on any atom is -0.377 e. The number of ether oxygens (including phenoxy) is 1. The first-order valence-corrected chi connectivity index (χ1v) is 7.00. The van der Waals surface area contributed by atoms with Crippen LogP contribution < -0.4 is 5.32 Å². The Balaban J connectivity index is 1.73. The Morgan fingerprint density at radius 3 is 2.65 bits per heavy atom. The van der Waals surface area contributed by atoms with Crippen molar-refractivity contribution in [2.75, 3.05) is 19.7 Å². The lowest BCUT2D eigenvalue weighted by atomic mass is 9.95. The second kappa shape index (κ2) is 7.09. The Hall–Kier alpha value is -1.07. The standard InChI is InChI=1S/C15H20F3NO/c16-15(17,18)14-3-1-2-13(10-14)11-20-9-6-12-4-7-19-8-5-12/h1-3,10,12,19H,4-9,11H2. The van der Waals surface area contributed by atoms with Crippen molar-refractivity contribution in [3.05, 3.63) is 35.4 Å². The van der Waals surface area contributed by atoms with Crippen LogP contribution in [0.1, 0.15) is 30.4 Å². The second-order valence-electron chi connectivity index (χ2n) is 5.23. The van der Waals surface area contributed by atoms with Crippen LogP contribution in [-0.2, 0) is 17.5 Å². The van der Waals surface area contributed by atoms with E-state index in [4.69, 9.17) is 4.74 Å². The Bertz CT molecular complexity index is 414. The molecule has 112 valence electrons. The van der Waals surface area contributed by atoms with Crippen LogP contribution in [0.15, 0.2) is 24.3 Å². The fourth-order valence-electron chi connectivity index (χ4n) is 2.45. The molecular weight excluding hydrogens is 267 g/mol. The van der Waals surface area contributed by atoms with Gasteiger partial charge in [-0.05, 0) is 56.0 Å². The van der Waals surface area contributed by atoms with Gasteiger partial charge in [0.2, 0.25) is 0 Å². The number of piperidine rings is 1. The Morgan fingerprint density at radius 2 is 1.95 bits per heavy atom. The van der Waals surface area contributed by atoms with Gasteiger partial charge in [0.25, 0.3) is 0 Å². The van der Waals surface area contributed by atoms with Crippen molar-refractivity contribution >= 4 is 0 Å². The van der Waals surface area contributed by atoms with Crippen LogP contribution in [0.25, 0.3) is 0 Å². The summed E-state index contributed by atoms with van der Waals surface area (Å²) in [6, 6.07) is 5.33. The van der Waals surface area contributed by atoms with E-state index in [1.54, 1.807) is 6.07 Å². The van der Waals surface area contributed by atoms with Crippen LogP contribution in [0, 0.1) is 5.92 Å². The molecule has 2 rings (SSSR count). The third-order valence-electron chi connectivity index (χ3n) is 3.65. The topological polar surface area (TPSA) is 21.3 Å². The minimum atomic E-state index is -4.29. The molecule has 0 atom stereocenters. The summed E-state index contributed by atoms with van der Waals surface area (Å²) in [5.41, 5.74) is -0.0397. The summed E-state index contributed by atoms with van der Waals surface area (Å²) in [7, 11) is 0. The molecule has 5 heteroatoms. The zero-order valence-electron chi connectivity index (χ0n) is 11.4. The summed E-state index contributed by atoms with van der Waals surface area (Å²) in [6.45, 7) is 2.96. The molecular formula is C15H20F3NO. The molecule has 0 aliphatic carbocycles. The normalized spacial score (nSPS) is 17.4. The molecule has 1 fully saturated rings. The third kappa shape index (κ3) is 4.80. The maximum atomic E-state index is 12.6. The quantitative estimate of drug-likeness (QED) is 0.835. The highest BCUT2D eigenvalue weighted by atomic mass is 19.4. The molecule has 20 heavy (non-hydrogen) atoms. The molecule has 1 aromatic carbocycles. The van der Waals surface area contributed by atoms with Gasteiger partial charge in [0.15, 0.2) is 0 Å². The highest BCUT2D eigenvalue weighted by Gasteiger charge is 2.30. The van der Waals surface area contributed by atoms with Crippen LogP contribution in [0.2, 0.25) is 0 Å². The highest BCUT2D eigenvalue weighted by Crippen LogP contribution is 2.29. The monoisotopic (exact) mass is 287 g/mol. The molecule has 0 spiro atoms. The summed E-state index contributed by atoms with van der Waals surface area (Å²) in [5, 5.41) is 3.30. The lowest BCUT2D eigenvalue weighted by Gasteiger charge is -2.22. The number of hydrogen-bond acceptors (Lipinski definition) is 2. The molecule has 1 aliphatic rings. The van der Waals surface area contributed by atoms with E-state index in [0.29, 0.717) is 18.1 Å². The van der Waals surface area contributed by atoms with Gasteiger partial charge in [-0.15, -0.1) is 0 Å². The van der Waals surface area contributed by atoms with Crippen LogP contribution in [-0.4, -0.2) is 19.7 Å². The SMILES string of the molecule is FC(F)(F)c1cccc(COCCC2CCNCC2)c1. The van der Waals surface area contributed by atoms with E-state index < -0.39 is 11.7 Å². The molecule has 0 unspecified atom stereocenters. The van der Waals surface area contributed by atoms with Crippen molar-refractivity contribution in [1.82, 2.24) is 5.32 Å². The van der Waals surface area contributed by atoms with Gasteiger partial charge in [0.05, 0.1) is 12.2 Å². The van der Waals surface area contributed by atoms with E-state index in [0.717, 1.165) is 44.5 Å². The summed E-state index contributed by atoms with van der Waals surface area (Å²) >= 11 is 0. The second-order valence-corrected chi connectivity index (χ2v) is 5.23. The maximum Gasteiger partial charge on any atom is 0.416 e. The number of rotatable bonds is 5.